The molecule has 1 amide bonds. The van der Waals surface area contributed by atoms with Crippen LogP contribution in [0, 0.1) is 5.41 Å². The van der Waals surface area contributed by atoms with E-state index in [1.165, 1.54) is 12.0 Å². The fraction of sp³-hybridized carbons (Fsp3) is 0.800. The molecule has 2 fully saturated rings. The Kier molecular flexibility index (Phi) is 2.40. The lowest BCUT2D eigenvalue weighted by atomic mass is 10.1. The summed E-state index contributed by atoms with van der Waals surface area (Å²) in [4.78, 5) is 24.8. The monoisotopic (exact) mass is 215 g/mol. The standard InChI is InChI=1S/C10H14FNO3/c1-15-9(14)10(3-4-10)8(13)12-5-2-7(11)6-12/h7H,2-6H2,1H3. The first-order valence-corrected chi connectivity index (χ1v) is 5.12. The number of likely N-dealkylation sites (tertiary alicyclic amines) is 1. The first kappa shape index (κ1) is 10.4. The molecule has 1 saturated carbocycles. The summed E-state index contributed by atoms with van der Waals surface area (Å²) in [7, 11) is 1.28. The van der Waals surface area contributed by atoms with Crippen LogP contribution in [0.25, 0.3) is 0 Å². The van der Waals surface area contributed by atoms with E-state index in [1.807, 2.05) is 0 Å². The number of alkyl halides is 1. The van der Waals surface area contributed by atoms with Gasteiger partial charge < -0.3 is 9.64 Å². The van der Waals surface area contributed by atoms with Gasteiger partial charge in [-0.25, -0.2) is 4.39 Å². The number of hydrogen-bond donors (Lipinski definition) is 0. The van der Waals surface area contributed by atoms with Crippen molar-refractivity contribution >= 4 is 11.9 Å². The number of methoxy groups -OCH3 is 1. The van der Waals surface area contributed by atoms with Crippen molar-refractivity contribution in [1.29, 1.82) is 0 Å². The van der Waals surface area contributed by atoms with Crippen LogP contribution < -0.4 is 0 Å². The van der Waals surface area contributed by atoms with Crippen LogP contribution in [-0.2, 0) is 14.3 Å². The summed E-state index contributed by atoms with van der Waals surface area (Å²) >= 11 is 0. The maximum absolute atomic E-state index is 12.9. The number of nitrogens with zero attached hydrogens (tertiary/aromatic N) is 1. The Morgan fingerprint density at radius 2 is 2.13 bits per heavy atom. The maximum atomic E-state index is 12.9. The third-order valence-corrected chi connectivity index (χ3v) is 3.15. The van der Waals surface area contributed by atoms with Crippen LogP contribution in [0.15, 0.2) is 0 Å². The predicted molar refractivity (Wildman–Crippen MR) is 49.8 cm³/mol. The molecule has 1 atom stereocenters. The first-order chi connectivity index (χ1) is 7.10. The van der Waals surface area contributed by atoms with Gasteiger partial charge in [0.05, 0.1) is 13.7 Å². The Morgan fingerprint density at radius 3 is 2.53 bits per heavy atom. The van der Waals surface area contributed by atoms with E-state index in [-0.39, 0.29) is 12.5 Å². The molecular weight excluding hydrogens is 201 g/mol. The summed E-state index contributed by atoms with van der Waals surface area (Å²) < 4.78 is 17.5. The van der Waals surface area contributed by atoms with E-state index in [9.17, 15) is 14.0 Å². The van der Waals surface area contributed by atoms with E-state index in [1.54, 1.807) is 0 Å². The molecule has 5 heteroatoms. The van der Waals surface area contributed by atoms with E-state index in [2.05, 4.69) is 4.74 Å². The topological polar surface area (TPSA) is 46.6 Å². The summed E-state index contributed by atoms with van der Waals surface area (Å²) in [5.74, 6) is -0.732. The van der Waals surface area contributed by atoms with Gasteiger partial charge in [-0.05, 0) is 19.3 Å². The van der Waals surface area contributed by atoms with Gasteiger partial charge in [0.1, 0.15) is 11.6 Å². The SMILES string of the molecule is COC(=O)C1(C(=O)N2CCC(F)C2)CC1. The number of esters is 1. The third kappa shape index (κ3) is 1.60. The highest BCUT2D eigenvalue weighted by atomic mass is 19.1. The van der Waals surface area contributed by atoms with Crippen LogP contribution >= 0.6 is 0 Å². The maximum Gasteiger partial charge on any atom is 0.321 e. The first-order valence-electron chi connectivity index (χ1n) is 5.12. The summed E-state index contributed by atoms with van der Waals surface area (Å²) in [5.41, 5.74) is -0.973. The second-order valence-corrected chi connectivity index (χ2v) is 4.21. The molecule has 2 aliphatic rings. The predicted octanol–water partition coefficient (Wildman–Crippen LogP) is 0.510. The fourth-order valence-electron chi connectivity index (χ4n) is 2.03. The lowest BCUT2D eigenvalue weighted by molar-refractivity contribution is -0.155. The highest BCUT2D eigenvalue weighted by Gasteiger charge is 2.59. The number of ether oxygens (including phenoxy) is 1. The lowest BCUT2D eigenvalue weighted by Crippen LogP contribution is -2.40. The van der Waals surface area contributed by atoms with Crippen LogP contribution in [-0.4, -0.2) is 43.1 Å². The van der Waals surface area contributed by atoms with Crippen molar-refractivity contribution < 1.29 is 18.7 Å². The Labute approximate surface area is 87.4 Å². The molecule has 4 nitrogen and oxygen atoms in total. The Hall–Kier alpha value is -1.13. The molecule has 0 aromatic carbocycles. The fourth-order valence-corrected chi connectivity index (χ4v) is 2.03. The van der Waals surface area contributed by atoms with Crippen LogP contribution in [0.1, 0.15) is 19.3 Å². The second kappa shape index (κ2) is 3.47. The minimum atomic E-state index is -0.973. The van der Waals surface area contributed by atoms with Crippen molar-refractivity contribution in [2.45, 2.75) is 25.4 Å². The van der Waals surface area contributed by atoms with Crippen molar-refractivity contribution in [2.24, 2.45) is 5.41 Å². The number of carbonyl (C=O) groups excluding carboxylic acids is 2. The normalized spacial score (nSPS) is 27.6. The molecule has 0 aromatic heterocycles. The molecule has 0 N–H and O–H groups in total. The van der Waals surface area contributed by atoms with Crippen molar-refractivity contribution in [3.8, 4) is 0 Å². The van der Waals surface area contributed by atoms with Gasteiger partial charge in [-0.3, -0.25) is 9.59 Å². The number of halogens is 1. The molecule has 1 heterocycles. The molecule has 1 unspecified atom stereocenters. The van der Waals surface area contributed by atoms with Crippen molar-refractivity contribution in [1.82, 2.24) is 4.90 Å². The quantitative estimate of drug-likeness (QED) is 0.498. The Bertz CT molecular complexity index is 301. The van der Waals surface area contributed by atoms with Gasteiger partial charge in [-0.2, -0.15) is 0 Å². The summed E-state index contributed by atoms with van der Waals surface area (Å²) in [6, 6.07) is 0. The van der Waals surface area contributed by atoms with Crippen molar-refractivity contribution in [3.63, 3.8) is 0 Å². The minimum Gasteiger partial charge on any atom is -0.468 e. The average Bonchev–Trinajstić information content (AvgIpc) is 2.94. The molecule has 15 heavy (non-hydrogen) atoms. The zero-order chi connectivity index (χ0) is 11.1. The average molecular weight is 215 g/mol. The molecule has 1 aliphatic heterocycles. The van der Waals surface area contributed by atoms with E-state index in [4.69, 9.17) is 0 Å². The van der Waals surface area contributed by atoms with E-state index in [0.29, 0.717) is 25.8 Å². The number of carbonyl (C=O) groups is 2. The molecular formula is C10H14FNO3. The Morgan fingerprint density at radius 1 is 1.47 bits per heavy atom. The zero-order valence-electron chi connectivity index (χ0n) is 8.66. The minimum absolute atomic E-state index is 0.123. The van der Waals surface area contributed by atoms with Crippen molar-refractivity contribution in [2.75, 3.05) is 20.2 Å². The highest BCUT2D eigenvalue weighted by Crippen LogP contribution is 2.48. The van der Waals surface area contributed by atoms with Crippen molar-refractivity contribution in [3.05, 3.63) is 0 Å². The molecule has 2 rings (SSSR count). The second-order valence-electron chi connectivity index (χ2n) is 4.21. The zero-order valence-corrected chi connectivity index (χ0v) is 8.66. The molecule has 0 spiro atoms. The van der Waals surface area contributed by atoms with E-state index < -0.39 is 17.6 Å². The molecule has 0 bridgehead atoms. The molecule has 84 valence electrons. The van der Waals surface area contributed by atoms with Gasteiger partial charge in [0.2, 0.25) is 5.91 Å². The van der Waals surface area contributed by atoms with Gasteiger partial charge in [0.15, 0.2) is 0 Å². The van der Waals surface area contributed by atoms with Gasteiger partial charge in [-0.15, -0.1) is 0 Å². The molecule has 1 saturated heterocycles. The highest BCUT2D eigenvalue weighted by molar-refractivity contribution is 6.05. The van der Waals surface area contributed by atoms with E-state index in [0.717, 1.165) is 0 Å². The lowest BCUT2D eigenvalue weighted by Gasteiger charge is -2.20. The summed E-state index contributed by atoms with van der Waals surface area (Å²) in [6.45, 7) is 0.538. The smallest absolute Gasteiger partial charge is 0.321 e. The number of rotatable bonds is 2. The molecule has 0 aromatic rings. The third-order valence-electron chi connectivity index (χ3n) is 3.15. The van der Waals surface area contributed by atoms with Crippen LogP contribution in [0.2, 0.25) is 0 Å². The van der Waals surface area contributed by atoms with E-state index >= 15 is 0 Å². The van der Waals surface area contributed by atoms with Crippen LogP contribution in [0.3, 0.4) is 0 Å². The van der Waals surface area contributed by atoms with Crippen LogP contribution in [0.5, 0.6) is 0 Å². The largest absolute Gasteiger partial charge is 0.468 e. The van der Waals surface area contributed by atoms with Gasteiger partial charge in [0, 0.05) is 6.54 Å². The van der Waals surface area contributed by atoms with Gasteiger partial charge in [0.25, 0.3) is 0 Å². The molecule has 1 aliphatic carbocycles. The van der Waals surface area contributed by atoms with Gasteiger partial charge in [-0.1, -0.05) is 0 Å². The van der Waals surface area contributed by atoms with Gasteiger partial charge >= 0.3 is 5.97 Å². The number of hydrogen-bond acceptors (Lipinski definition) is 3. The number of amides is 1. The Balaban J connectivity index is 2.05. The summed E-state index contributed by atoms with van der Waals surface area (Å²) in [6.07, 6.45) is 0.503. The molecule has 0 radical (unpaired) electrons. The van der Waals surface area contributed by atoms with Crippen LogP contribution in [0.4, 0.5) is 4.39 Å². The summed E-state index contributed by atoms with van der Waals surface area (Å²) in [5, 5.41) is 0.